The van der Waals surface area contributed by atoms with Crippen LogP contribution < -0.4 is 14.4 Å². The summed E-state index contributed by atoms with van der Waals surface area (Å²) in [6.07, 6.45) is 4.67. The second kappa shape index (κ2) is 15.7. The summed E-state index contributed by atoms with van der Waals surface area (Å²) in [4.78, 5) is 4.15. The first-order valence-electron chi connectivity index (χ1n) is 19.0. The van der Waals surface area contributed by atoms with Gasteiger partial charge in [0.25, 0.3) is 0 Å². The van der Waals surface area contributed by atoms with E-state index >= 15 is 0 Å². The van der Waals surface area contributed by atoms with Crippen LogP contribution in [0.3, 0.4) is 0 Å². The van der Waals surface area contributed by atoms with Crippen LogP contribution in [-0.4, -0.2) is 19.3 Å². The van der Waals surface area contributed by atoms with Gasteiger partial charge in [0.1, 0.15) is 0 Å². The minimum Gasteiger partial charge on any atom is -0.344 e. The van der Waals surface area contributed by atoms with Crippen LogP contribution in [0.5, 0.6) is 0 Å². The number of benzene rings is 4. The standard InChI is InChI=1S/C47H48F6N3/c1-7-54-40-27-25-34(46(48,49)50)30-38(40)44(3,4)42(54)23-17-9-12-18-33(32-56(36-19-13-10-14-20-36)37-21-15-11-16-22-37)24-29-43-45(5,6)39-31-35(47(51,52)53)26-28-41(39)55(43)8-2/h9-11,13-17,19-32H,7-8,12,18H2,1-6H3/q+1/b17-9-,42-23-. The lowest BCUT2D eigenvalue weighted by molar-refractivity contribution is -0.138. The highest BCUT2D eigenvalue weighted by atomic mass is 19.4. The van der Waals surface area contributed by atoms with Crippen molar-refractivity contribution in [1.82, 2.24) is 4.58 Å². The lowest BCUT2D eigenvalue weighted by atomic mass is 9.83. The molecule has 56 heavy (non-hydrogen) atoms. The molecule has 0 unspecified atom stereocenters. The Morgan fingerprint density at radius 1 is 0.625 bits per heavy atom. The smallest absolute Gasteiger partial charge is 0.344 e. The van der Waals surface area contributed by atoms with E-state index in [4.69, 9.17) is 0 Å². The number of fused-ring (bicyclic) bond motifs is 2. The molecule has 4 aromatic carbocycles. The van der Waals surface area contributed by atoms with Crippen LogP contribution in [0.2, 0.25) is 0 Å². The highest BCUT2D eigenvalue weighted by Crippen LogP contribution is 2.50. The molecule has 2 aliphatic heterocycles. The Hall–Kier alpha value is -5.31. The predicted octanol–water partition coefficient (Wildman–Crippen LogP) is 13.3. The monoisotopic (exact) mass is 768 g/mol. The Labute approximate surface area is 326 Å². The minimum atomic E-state index is -4.44. The van der Waals surface area contributed by atoms with Gasteiger partial charge in [-0.3, -0.25) is 0 Å². The van der Waals surface area contributed by atoms with Gasteiger partial charge < -0.3 is 9.80 Å². The SMILES string of the molecule is CCN1C(=CC=C(C=[N+](c2ccccc2)c2ccccc2)CC/C=C\C=C2/N(CC)c3ccc(C(F)(F)F)cc3C2(C)C)C(C)(C)c2cc(C(F)(F)F)ccc21. The zero-order valence-corrected chi connectivity index (χ0v) is 32.6. The van der Waals surface area contributed by atoms with Gasteiger partial charge in [0.05, 0.1) is 11.1 Å². The Morgan fingerprint density at radius 2 is 1.07 bits per heavy atom. The zero-order valence-electron chi connectivity index (χ0n) is 32.6. The van der Waals surface area contributed by atoms with Crippen molar-refractivity contribution in [2.24, 2.45) is 0 Å². The average Bonchev–Trinajstić information content (AvgIpc) is 3.52. The normalized spacial score (nSPS) is 17.9. The second-order valence-electron chi connectivity index (χ2n) is 15.2. The number of nitrogens with zero attached hydrogens (tertiary/aromatic N) is 3. The zero-order chi connectivity index (χ0) is 40.5. The molecular formula is C47H48F6N3+. The van der Waals surface area contributed by atoms with E-state index in [0.29, 0.717) is 37.1 Å². The van der Waals surface area contributed by atoms with Gasteiger partial charge in [0.2, 0.25) is 11.4 Å². The average molecular weight is 769 g/mol. The number of hydrogen-bond donors (Lipinski definition) is 0. The molecule has 0 saturated carbocycles. The number of rotatable bonds is 10. The molecule has 0 atom stereocenters. The summed E-state index contributed by atoms with van der Waals surface area (Å²) in [7, 11) is 0. The Bertz CT molecular complexity index is 2160. The van der Waals surface area contributed by atoms with E-state index in [1.54, 1.807) is 12.1 Å². The van der Waals surface area contributed by atoms with Crippen molar-refractivity contribution in [3.8, 4) is 0 Å². The molecule has 3 nitrogen and oxygen atoms in total. The summed E-state index contributed by atoms with van der Waals surface area (Å²) in [5.41, 5.74) is 4.97. The molecule has 0 aliphatic carbocycles. The van der Waals surface area contributed by atoms with Gasteiger partial charge in [0, 0.05) is 76.5 Å². The molecule has 0 spiro atoms. The van der Waals surface area contributed by atoms with E-state index < -0.39 is 34.3 Å². The van der Waals surface area contributed by atoms with Gasteiger partial charge in [-0.25, -0.2) is 0 Å². The van der Waals surface area contributed by atoms with Crippen LogP contribution in [0.15, 0.2) is 144 Å². The molecule has 0 radical (unpaired) electrons. The van der Waals surface area contributed by atoms with E-state index in [2.05, 4.69) is 32.7 Å². The van der Waals surface area contributed by atoms with Gasteiger partial charge in [-0.05, 0) is 86.4 Å². The molecule has 0 saturated heterocycles. The van der Waals surface area contributed by atoms with E-state index in [-0.39, 0.29) is 0 Å². The van der Waals surface area contributed by atoms with Crippen molar-refractivity contribution in [1.29, 1.82) is 0 Å². The Morgan fingerprint density at radius 3 is 1.50 bits per heavy atom. The van der Waals surface area contributed by atoms with Crippen LogP contribution in [0.25, 0.3) is 0 Å². The predicted molar refractivity (Wildman–Crippen MR) is 218 cm³/mol. The molecule has 0 amide bonds. The summed E-state index contributed by atoms with van der Waals surface area (Å²) < 4.78 is 84.5. The first-order chi connectivity index (χ1) is 26.5. The summed E-state index contributed by atoms with van der Waals surface area (Å²) >= 11 is 0. The fraction of sp³-hybridized carbons (Fsp3) is 0.298. The van der Waals surface area contributed by atoms with Crippen molar-refractivity contribution >= 4 is 29.0 Å². The number of likely N-dealkylation sites (N-methyl/N-ethyl adjacent to an activating group) is 2. The van der Waals surface area contributed by atoms with Crippen LogP contribution in [0.4, 0.5) is 49.1 Å². The molecule has 9 heteroatoms. The number of halogens is 6. The molecular weight excluding hydrogens is 721 g/mol. The number of para-hydroxylation sites is 2. The molecule has 0 N–H and O–H groups in total. The number of hydrogen-bond acceptors (Lipinski definition) is 2. The lowest BCUT2D eigenvalue weighted by Gasteiger charge is -2.26. The Balaban J connectivity index is 1.37. The van der Waals surface area contributed by atoms with Crippen LogP contribution >= 0.6 is 0 Å². The van der Waals surface area contributed by atoms with E-state index in [0.717, 1.165) is 51.8 Å². The quantitative estimate of drug-likeness (QED) is 0.0903. The second-order valence-corrected chi connectivity index (χ2v) is 15.2. The van der Waals surface area contributed by atoms with Crippen molar-refractivity contribution in [2.75, 3.05) is 22.9 Å². The van der Waals surface area contributed by atoms with Gasteiger partial charge in [0.15, 0.2) is 6.21 Å². The number of alkyl halides is 6. The topological polar surface area (TPSA) is 9.49 Å². The fourth-order valence-electron chi connectivity index (χ4n) is 7.91. The van der Waals surface area contributed by atoms with E-state index in [9.17, 15) is 26.3 Å². The molecule has 0 fully saturated rings. The molecule has 2 aliphatic rings. The maximum absolute atomic E-state index is 13.8. The van der Waals surface area contributed by atoms with Crippen molar-refractivity contribution in [3.05, 3.63) is 167 Å². The van der Waals surface area contributed by atoms with Crippen molar-refractivity contribution in [2.45, 2.75) is 77.6 Å². The first-order valence-corrected chi connectivity index (χ1v) is 19.0. The largest absolute Gasteiger partial charge is 0.416 e. The van der Waals surface area contributed by atoms with Crippen molar-refractivity contribution < 1.29 is 26.3 Å². The third kappa shape index (κ3) is 7.99. The number of allylic oxidation sites excluding steroid dienone is 8. The maximum atomic E-state index is 13.8. The van der Waals surface area contributed by atoms with Crippen LogP contribution in [0, 0.1) is 0 Å². The molecule has 0 aromatic heterocycles. The molecule has 4 aromatic rings. The van der Waals surface area contributed by atoms with Gasteiger partial charge >= 0.3 is 12.4 Å². The van der Waals surface area contributed by atoms with Crippen LogP contribution in [0.1, 0.15) is 76.6 Å². The summed E-state index contributed by atoms with van der Waals surface area (Å²) in [6.45, 7) is 13.0. The van der Waals surface area contributed by atoms with E-state index in [1.807, 2.05) is 120 Å². The lowest BCUT2D eigenvalue weighted by Crippen LogP contribution is -2.25. The summed E-state index contributed by atoms with van der Waals surface area (Å²) in [6, 6.07) is 28.0. The van der Waals surface area contributed by atoms with E-state index in [1.165, 1.54) is 12.1 Å². The summed E-state index contributed by atoms with van der Waals surface area (Å²) in [5.74, 6) is 0. The summed E-state index contributed by atoms with van der Waals surface area (Å²) in [5, 5.41) is 0. The maximum Gasteiger partial charge on any atom is 0.416 e. The van der Waals surface area contributed by atoms with Crippen molar-refractivity contribution in [3.63, 3.8) is 0 Å². The third-order valence-electron chi connectivity index (χ3n) is 10.9. The molecule has 292 valence electrons. The minimum absolute atomic E-state index is 0.588. The van der Waals surface area contributed by atoms with Crippen LogP contribution in [-0.2, 0) is 23.2 Å². The highest BCUT2D eigenvalue weighted by Gasteiger charge is 2.43. The Kier molecular flexibility index (Phi) is 11.3. The molecule has 0 bridgehead atoms. The van der Waals surface area contributed by atoms with Gasteiger partial charge in [-0.15, -0.1) is 0 Å². The third-order valence-corrected chi connectivity index (χ3v) is 10.9. The number of anilines is 2. The first kappa shape index (κ1) is 40.4. The fourth-order valence-corrected chi connectivity index (χ4v) is 7.91. The van der Waals surface area contributed by atoms with Gasteiger partial charge in [-0.2, -0.15) is 30.9 Å². The molecule has 6 rings (SSSR count). The van der Waals surface area contributed by atoms with Gasteiger partial charge in [-0.1, -0.05) is 82.3 Å². The molecule has 2 heterocycles. The highest BCUT2D eigenvalue weighted by molar-refractivity contribution is 5.85.